The van der Waals surface area contributed by atoms with E-state index < -0.39 is 24.5 Å². The van der Waals surface area contributed by atoms with Crippen molar-refractivity contribution in [2.75, 3.05) is 6.61 Å². The molecular weight excluding hydrogens is 296 g/mol. The number of fused-ring (bicyclic) bond motifs is 1. The summed E-state index contributed by atoms with van der Waals surface area (Å²) in [6, 6.07) is 0. The van der Waals surface area contributed by atoms with Crippen LogP contribution in [0.5, 0.6) is 0 Å². The van der Waals surface area contributed by atoms with E-state index >= 15 is 0 Å². The smallest absolute Gasteiger partial charge is 0.412 e. The van der Waals surface area contributed by atoms with Crippen LogP contribution >= 0.6 is 0 Å². The van der Waals surface area contributed by atoms with E-state index in [4.69, 9.17) is 15.3 Å². The van der Waals surface area contributed by atoms with Gasteiger partial charge in [0.25, 0.3) is 0 Å². The fourth-order valence-corrected chi connectivity index (χ4v) is 2.57. The van der Waals surface area contributed by atoms with Gasteiger partial charge < -0.3 is 15.2 Å². The van der Waals surface area contributed by atoms with Crippen LogP contribution in [0.2, 0.25) is 0 Å². The summed E-state index contributed by atoms with van der Waals surface area (Å²) < 4.78 is 5.46. The number of amidine groups is 1. The van der Waals surface area contributed by atoms with Crippen molar-refractivity contribution in [3.05, 3.63) is 28.6 Å². The van der Waals surface area contributed by atoms with Crippen molar-refractivity contribution in [1.29, 1.82) is 5.41 Å². The van der Waals surface area contributed by atoms with E-state index in [1.54, 1.807) is 6.20 Å². The van der Waals surface area contributed by atoms with Gasteiger partial charge in [-0.25, -0.2) is 4.79 Å². The van der Waals surface area contributed by atoms with Crippen LogP contribution in [0.3, 0.4) is 0 Å². The minimum Gasteiger partial charge on any atom is -0.444 e. The highest BCUT2D eigenvalue weighted by atomic mass is 16.6. The van der Waals surface area contributed by atoms with E-state index in [2.05, 4.69) is 10.3 Å². The van der Waals surface area contributed by atoms with Crippen molar-refractivity contribution < 1.29 is 14.6 Å². The van der Waals surface area contributed by atoms with Gasteiger partial charge in [-0.1, -0.05) is 0 Å². The molecule has 0 bridgehead atoms. The number of amides is 1. The molecule has 0 radical (unpaired) electrons. The van der Waals surface area contributed by atoms with Crippen molar-refractivity contribution in [3.8, 4) is 0 Å². The van der Waals surface area contributed by atoms with E-state index in [1.807, 2.05) is 34.6 Å². The quantitative estimate of drug-likeness (QED) is 0.572. The predicted molar refractivity (Wildman–Crippen MR) is 86.2 cm³/mol. The lowest BCUT2D eigenvalue weighted by Gasteiger charge is -2.30. The van der Waals surface area contributed by atoms with E-state index in [0.717, 1.165) is 22.4 Å². The molecule has 0 aliphatic carbocycles. The Morgan fingerprint density at radius 3 is 2.74 bits per heavy atom. The Morgan fingerprint density at radius 2 is 2.17 bits per heavy atom. The second-order valence-electron chi connectivity index (χ2n) is 6.70. The number of nitrogens with one attached hydrogen (secondary N) is 2. The number of aliphatic hydroxyl groups is 1. The van der Waals surface area contributed by atoms with Gasteiger partial charge in [-0.15, -0.1) is 0 Å². The number of pyridine rings is 1. The molecule has 1 atom stereocenters. The highest BCUT2D eigenvalue weighted by Crippen LogP contribution is 2.35. The molecule has 23 heavy (non-hydrogen) atoms. The zero-order valence-corrected chi connectivity index (χ0v) is 14.2. The monoisotopic (exact) mass is 320 g/mol. The van der Waals surface area contributed by atoms with Crippen molar-refractivity contribution in [2.45, 2.75) is 52.9 Å². The fourth-order valence-electron chi connectivity index (χ4n) is 2.57. The molecule has 1 aliphatic heterocycles. The van der Waals surface area contributed by atoms with Gasteiger partial charge in [-0.05, 0) is 45.7 Å². The van der Waals surface area contributed by atoms with Crippen LogP contribution in [0.15, 0.2) is 6.20 Å². The van der Waals surface area contributed by atoms with Crippen molar-refractivity contribution in [1.82, 2.24) is 15.2 Å². The maximum atomic E-state index is 12.5. The van der Waals surface area contributed by atoms with E-state index in [-0.39, 0.29) is 5.84 Å². The molecule has 2 heterocycles. The molecule has 126 valence electrons. The van der Waals surface area contributed by atoms with Gasteiger partial charge in [0.05, 0.1) is 6.54 Å². The molecule has 1 aliphatic rings. The van der Waals surface area contributed by atoms with Gasteiger partial charge in [-0.2, -0.15) is 0 Å². The normalized spacial score (nSPS) is 17.0. The summed E-state index contributed by atoms with van der Waals surface area (Å²) in [6.07, 6.45) is 0.745. The number of ether oxygens (including phenoxy) is 1. The standard InChI is InChI=1S/C16H24N4O3/c1-9-10(2)18-6-11-7-20(15(22)23-16(3,4)5)14(13(9)11)19-12(17)8-21/h6,14,21H,7-8H2,1-5H3,(H2,17,19). The molecule has 3 N–H and O–H groups in total. The molecule has 7 nitrogen and oxygen atoms in total. The molecular formula is C16H24N4O3. The molecule has 0 aromatic carbocycles. The van der Waals surface area contributed by atoms with Gasteiger partial charge in [-0.3, -0.25) is 15.3 Å². The van der Waals surface area contributed by atoms with Crippen molar-refractivity contribution in [2.24, 2.45) is 0 Å². The van der Waals surface area contributed by atoms with E-state index in [9.17, 15) is 4.79 Å². The lowest BCUT2D eigenvalue weighted by Crippen LogP contribution is -2.43. The fraction of sp³-hybridized carbons (Fsp3) is 0.562. The first-order valence-corrected chi connectivity index (χ1v) is 7.53. The summed E-state index contributed by atoms with van der Waals surface area (Å²) in [6.45, 7) is 9.21. The SMILES string of the molecule is Cc1ncc2c(c1C)C(NC(=N)CO)N(C(=O)OC(C)(C)C)C2. The number of carbonyl (C=O) groups excluding carboxylic acids is 1. The zero-order chi connectivity index (χ0) is 17.4. The Morgan fingerprint density at radius 1 is 1.52 bits per heavy atom. The number of rotatable bonds is 2. The van der Waals surface area contributed by atoms with E-state index in [1.165, 1.54) is 4.90 Å². The van der Waals surface area contributed by atoms with Crippen LogP contribution in [0.25, 0.3) is 0 Å². The second kappa shape index (κ2) is 6.16. The van der Waals surface area contributed by atoms with Crippen LogP contribution in [-0.2, 0) is 11.3 Å². The molecule has 1 unspecified atom stereocenters. The van der Waals surface area contributed by atoms with E-state index in [0.29, 0.717) is 6.54 Å². The third kappa shape index (κ3) is 3.61. The van der Waals surface area contributed by atoms with Crippen molar-refractivity contribution >= 4 is 11.9 Å². The van der Waals surface area contributed by atoms with Crippen LogP contribution in [-0.4, -0.2) is 39.1 Å². The number of aryl methyl sites for hydroxylation is 1. The van der Waals surface area contributed by atoms with Gasteiger partial charge >= 0.3 is 6.09 Å². The Labute approximate surface area is 136 Å². The first-order chi connectivity index (χ1) is 10.6. The summed E-state index contributed by atoms with van der Waals surface area (Å²) in [5.74, 6) is -0.0507. The summed E-state index contributed by atoms with van der Waals surface area (Å²) >= 11 is 0. The highest BCUT2D eigenvalue weighted by Gasteiger charge is 2.38. The molecule has 0 saturated carbocycles. The maximum absolute atomic E-state index is 12.5. The zero-order valence-electron chi connectivity index (χ0n) is 14.2. The Bertz CT molecular complexity index is 637. The van der Waals surface area contributed by atoms with Crippen molar-refractivity contribution in [3.63, 3.8) is 0 Å². The lowest BCUT2D eigenvalue weighted by molar-refractivity contribution is 0.0157. The second-order valence-corrected chi connectivity index (χ2v) is 6.70. The van der Waals surface area contributed by atoms with Gasteiger partial charge in [0.1, 0.15) is 24.2 Å². The third-order valence-electron chi connectivity index (χ3n) is 3.73. The average molecular weight is 320 g/mol. The number of nitrogens with zero attached hydrogens (tertiary/aromatic N) is 2. The first-order valence-electron chi connectivity index (χ1n) is 7.53. The van der Waals surface area contributed by atoms with Crippen LogP contribution in [0.4, 0.5) is 4.79 Å². The molecule has 2 rings (SSSR count). The van der Waals surface area contributed by atoms with Gasteiger partial charge in [0.2, 0.25) is 0 Å². The summed E-state index contributed by atoms with van der Waals surface area (Å²) in [7, 11) is 0. The van der Waals surface area contributed by atoms with Gasteiger partial charge in [0, 0.05) is 17.5 Å². The lowest BCUT2D eigenvalue weighted by atomic mass is 10.0. The summed E-state index contributed by atoms with van der Waals surface area (Å²) in [4.78, 5) is 18.4. The highest BCUT2D eigenvalue weighted by molar-refractivity contribution is 5.81. The third-order valence-corrected chi connectivity index (χ3v) is 3.73. The predicted octanol–water partition coefficient (Wildman–Crippen LogP) is 2.01. The average Bonchev–Trinajstić information content (AvgIpc) is 2.80. The Balaban J connectivity index is 2.38. The topological polar surface area (TPSA) is 98.5 Å². The molecule has 7 heteroatoms. The molecule has 1 aromatic rings. The summed E-state index contributed by atoms with van der Waals surface area (Å²) in [5.41, 5.74) is 3.07. The number of hydrogen-bond donors (Lipinski definition) is 3. The Hall–Kier alpha value is -2.15. The molecule has 1 aromatic heterocycles. The number of hydrogen-bond acceptors (Lipinski definition) is 5. The number of aromatic nitrogens is 1. The molecule has 0 fully saturated rings. The van der Waals surface area contributed by atoms with Crippen LogP contribution in [0.1, 0.15) is 49.3 Å². The van der Waals surface area contributed by atoms with Crippen LogP contribution < -0.4 is 5.32 Å². The number of aliphatic hydroxyl groups excluding tert-OH is 1. The molecule has 1 amide bonds. The summed E-state index contributed by atoms with van der Waals surface area (Å²) in [5, 5.41) is 19.8. The maximum Gasteiger partial charge on any atom is 0.412 e. The largest absolute Gasteiger partial charge is 0.444 e. The first kappa shape index (κ1) is 17.2. The van der Waals surface area contributed by atoms with Crippen LogP contribution in [0, 0.1) is 19.3 Å². The number of carbonyl (C=O) groups is 1. The Kier molecular flexibility index (Phi) is 4.61. The minimum absolute atomic E-state index is 0.0507. The van der Waals surface area contributed by atoms with Gasteiger partial charge in [0.15, 0.2) is 0 Å². The minimum atomic E-state index is -0.607. The molecule has 0 spiro atoms. The molecule has 0 saturated heterocycles.